The number of methoxy groups -OCH3 is 1. The Bertz CT molecular complexity index is 1010. The minimum Gasteiger partial charge on any atom is -0.497 e. The van der Waals surface area contributed by atoms with Gasteiger partial charge in [0, 0.05) is 25.4 Å². The van der Waals surface area contributed by atoms with Gasteiger partial charge < -0.3 is 14.1 Å². The first kappa shape index (κ1) is 16.6. The van der Waals surface area contributed by atoms with Crippen LogP contribution in [0.5, 0.6) is 5.75 Å². The number of hydrogen-bond donors (Lipinski definition) is 0. The Morgan fingerprint density at radius 1 is 1.27 bits per heavy atom. The number of rotatable bonds is 4. The Labute approximate surface area is 151 Å². The molecule has 0 saturated carbocycles. The molecule has 0 aliphatic carbocycles. The smallest absolute Gasteiger partial charge is 0.347 e. The molecule has 0 unspecified atom stereocenters. The molecule has 2 aromatic heterocycles. The van der Waals surface area contributed by atoms with Crippen LogP contribution in [0.25, 0.3) is 22.4 Å². The molecule has 3 heterocycles. The van der Waals surface area contributed by atoms with E-state index in [4.69, 9.17) is 9.15 Å². The van der Waals surface area contributed by atoms with Gasteiger partial charge >= 0.3 is 5.63 Å². The summed E-state index contributed by atoms with van der Waals surface area (Å²) in [5.74, 6) is 1.80. The fourth-order valence-corrected chi connectivity index (χ4v) is 3.51. The minimum absolute atomic E-state index is 0.299. The highest BCUT2D eigenvalue weighted by atomic mass is 16.5. The third-order valence-corrected chi connectivity index (χ3v) is 4.83. The summed E-state index contributed by atoms with van der Waals surface area (Å²) in [4.78, 5) is 24.1. The van der Waals surface area contributed by atoms with E-state index in [1.165, 1.54) is 0 Å². The van der Waals surface area contributed by atoms with Gasteiger partial charge in [0.25, 0.3) is 0 Å². The zero-order valence-corrected chi connectivity index (χ0v) is 15.0. The average Bonchev–Trinajstić information content (AvgIpc) is 3.21. The molecule has 1 fully saturated rings. The maximum atomic E-state index is 12.7. The number of aryl methyl sites for hydroxylation is 1. The van der Waals surface area contributed by atoms with E-state index >= 15 is 0 Å². The highest BCUT2D eigenvalue weighted by molar-refractivity contribution is 5.84. The van der Waals surface area contributed by atoms with E-state index in [2.05, 4.69) is 14.9 Å². The van der Waals surface area contributed by atoms with E-state index in [1.54, 1.807) is 19.4 Å². The van der Waals surface area contributed by atoms with Crippen molar-refractivity contribution in [3.63, 3.8) is 0 Å². The summed E-state index contributed by atoms with van der Waals surface area (Å²) in [6.07, 6.45) is 4.74. The van der Waals surface area contributed by atoms with Gasteiger partial charge in [0.15, 0.2) is 0 Å². The molecule has 1 aliphatic rings. The number of fused-ring (bicyclic) bond motifs is 1. The molecular formula is C20H21N3O3. The van der Waals surface area contributed by atoms with Crippen molar-refractivity contribution >= 4 is 16.7 Å². The molecule has 6 heteroatoms. The number of anilines is 1. The summed E-state index contributed by atoms with van der Waals surface area (Å²) in [6, 6.07) is 7.38. The first-order chi connectivity index (χ1) is 12.7. The van der Waals surface area contributed by atoms with Gasteiger partial charge in [-0.25, -0.2) is 14.8 Å². The van der Waals surface area contributed by atoms with Crippen molar-refractivity contribution in [1.82, 2.24) is 9.97 Å². The van der Waals surface area contributed by atoms with E-state index in [-0.39, 0.29) is 5.63 Å². The number of benzene rings is 1. The zero-order chi connectivity index (χ0) is 18.1. The molecule has 1 aromatic carbocycles. The third-order valence-electron chi connectivity index (χ3n) is 4.83. The van der Waals surface area contributed by atoms with Gasteiger partial charge in [0.05, 0.1) is 23.6 Å². The second-order valence-electron chi connectivity index (χ2n) is 6.41. The molecule has 26 heavy (non-hydrogen) atoms. The molecule has 134 valence electrons. The number of nitrogens with zero attached hydrogens (tertiary/aromatic N) is 3. The van der Waals surface area contributed by atoms with Crippen molar-refractivity contribution in [2.24, 2.45) is 0 Å². The van der Waals surface area contributed by atoms with Crippen LogP contribution in [0.1, 0.15) is 25.3 Å². The Balaban J connectivity index is 1.92. The number of aromatic nitrogens is 2. The summed E-state index contributed by atoms with van der Waals surface area (Å²) in [5, 5.41) is 0.517. The van der Waals surface area contributed by atoms with E-state index in [0.29, 0.717) is 29.0 Å². The van der Waals surface area contributed by atoms with Crippen LogP contribution in [0.2, 0.25) is 0 Å². The van der Waals surface area contributed by atoms with Crippen molar-refractivity contribution in [3.05, 3.63) is 46.4 Å². The topological polar surface area (TPSA) is 68.5 Å². The average molecular weight is 351 g/mol. The lowest BCUT2D eigenvalue weighted by atomic mass is 10.1. The van der Waals surface area contributed by atoms with Gasteiger partial charge in [0.1, 0.15) is 11.6 Å². The van der Waals surface area contributed by atoms with Gasteiger partial charge in [-0.15, -0.1) is 0 Å². The van der Waals surface area contributed by atoms with Gasteiger partial charge in [-0.3, -0.25) is 0 Å². The third kappa shape index (κ3) is 2.81. The molecule has 6 nitrogen and oxygen atoms in total. The molecule has 0 atom stereocenters. The molecule has 4 rings (SSSR count). The molecule has 0 N–H and O–H groups in total. The van der Waals surface area contributed by atoms with Gasteiger partial charge in [-0.2, -0.15) is 0 Å². The van der Waals surface area contributed by atoms with Crippen molar-refractivity contribution in [1.29, 1.82) is 0 Å². The Morgan fingerprint density at radius 2 is 2.08 bits per heavy atom. The highest BCUT2D eigenvalue weighted by Crippen LogP contribution is 2.31. The predicted octanol–water partition coefficient (Wildman–Crippen LogP) is 3.42. The normalized spacial score (nSPS) is 14.2. The minimum atomic E-state index is -0.374. The summed E-state index contributed by atoms with van der Waals surface area (Å²) in [6.45, 7) is 3.90. The van der Waals surface area contributed by atoms with Gasteiger partial charge in [-0.05, 0) is 43.0 Å². The van der Waals surface area contributed by atoms with Crippen LogP contribution in [-0.4, -0.2) is 30.2 Å². The molecule has 3 aromatic rings. The van der Waals surface area contributed by atoms with Crippen LogP contribution in [0, 0.1) is 0 Å². The maximum absolute atomic E-state index is 12.7. The Hall–Kier alpha value is -2.89. The van der Waals surface area contributed by atoms with E-state index in [9.17, 15) is 4.79 Å². The molecule has 0 spiro atoms. The van der Waals surface area contributed by atoms with Crippen LogP contribution < -0.4 is 15.3 Å². The van der Waals surface area contributed by atoms with Crippen molar-refractivity contribution in [2.45, 2.75) is 26.2 Å². The van der Waals surface area contributed by atoms with Crippen LogP contribution >= 0.6 is 0 Å². The molecule has 0 radical (unpaired) electrons. The molecule has 0 amide bonds. The summed E-state index contributed by atoms with van der Waals surface area (Å²) in [5.41, 5.74) is 1.83. The Kier molecular flexibility index (Phi) is 4.32. The second kappa shape index (κ2) is 6.78. The first-order valence-electron chi connectivity index (χ1n) is 8.93. The Morgan fingerprint density at radius 3 is 2.81 bits per heavy atom. The van der Waals surface area contributed by atoms with Crippen LogP contribution in [-0.2, 0) is 6.42 Å². The maximum Gasteiger partial charge on any atom is 0.347 e. The van der Waals surface area contributed by atoms with Crippen molar-refractivity contribution in [3.8, 4) is 17.2 Å². The number of ether oxygens (including phenoxy) is 1. The quantitative estimate of drug-likeness (QED) is 0.717. The van der Waals surface area contributed by atoms with Crippen LogP contribution in [0.15, 0.2) is 39.7 Å². The molecule has 1 aliphatic heterocycles. The molecule has 0 bridgehead atoms. The zero-order valence-electron chi connectivity index (χ0n) is 15.0. The lowest BCUT2D eigenvalue weighted by molar-refractivity contribution is 0.414. The summed E-state index contributed by atoms with van der Waals surface area (Å²) >= 11 is 0. The van der Waals surface area contributed by atoms with Gasteiger partial charge in [0.2, 0.25) is 5.89 Å². The van der Waals surface area contributed by atoms with Crippen molar-refractivity contribution < 1.29 is 9.15 Å². The standard InChI is InChI=1S/C20H21N3O3/c1-3-13-11-14(25-2)12-16-17(13)20(24)26-19(22-16)15-7-6-8-21-18(15)23-9-4-5-10-23/h6-8,11-12H,3-5,9-10H2,1-2H3. The predicted molar refractivity (Wildman–Crippen MR) is 101 cm³/mol. The van der Waals surface area contributed by atoms with Gasteiger partial charge in [-0.1, -0.05) is 6.92 Å². The monoisotopic (exact) mass is 351 g/mol. The summed E-state index contributed by atoms with van der Waals surface area (Å²) < 4.78 is 11.0. The second-order valence-corrected chi connectivity index (χ2v) is 6.41. The number of hydrogen-bond acceptors (Lipinski definition) is 6. The summed E-state index contributed by atoms with van der Waals surface area (Å²) in [7, 11) is 1.61. The molecular weight excluding hydrogens is 330 g/mol. The first-order valence-corrected chi connectivity index (χ1v) is 8.93. The SMILES string of the molecule is CCc1cc(OC)cc2nc(-c3cccnc3N3CCCC3)oc(=O)c12. The van der Waals surface area contributed by atoms with E-state index in [1.807, 2.05) is 25.1 Å². The van der Waals surface area contributed by atoms with Crippen LogP contribution in [0.3, 0.4) is 0 Å². The fourth-order valence-electron chi connectivity index (χ4n) is 3.51. The van der Waals surface area contributed by atoms with E-state index in [0.717, 1.165) is 42.9 Å². The van der Waals surface area contributed by atoms with E-state index < -0.39 is 0 Å². The molecule has 1 saturated heterocycles. The highest BCUT2D eigenvalue weighted by Gasteiger charge is 2.21. The lowest BCUT2D eigenvalue weighted by Crippen LogP contribution is -2.20. The fraction of sp³-hybridized carbons (Fsp3) is 0.350. The largest absolute Gasteiger partial charge is 0.497 e. The van der Waals surface area contributed by atoms with Crippen molar-refractivity contribution in [2.75, 3.05) is 25.1 Å². The lowest BCUT2D eigenvalue weighted by Gasteiger charge is -2.19. The number of pyridine rings is 1. The van der Waals surface area contributed by atoms with Crippen LogP contribution in [0.4, 0.5) is 5.82 Å².